The monoisotopic (exact) mass is 1110 g/mol. The van der Waals surface area contributed by atoms with E-state index < -0.39 is 116 Å². The number of hydrogen-bond acceptors (Lipinski definition) is 26. The number of anilines is 1. The molecule has 79 heavy (non-hydrogen) atoms. The van der Waals surface area contributed by atoms with Crippen molar-refractivity contribution in [2.75, 3.05) is 57.8 Å². The number of aromatic amines is 1. The summed E-state index contributed by atoms with van der Waals surface area (Å²) in [7, 11) is 2.15. The van der Waals surface area contributed by atoms with Gasteiger partial charge in [-0.3, -0.25) is 0 Å². The quantitative estimate of drug-likeness (QED) is 0.0346. The highest BCUT2D eigenvalue weighted by Crippen LogP contribution is 2.35. The second-order valence-electron chi connectivity index (χ2n) is 21.3. The standard InChI is InChI=1S/C50H76N16O13/c1-63-11-13-64(14-12-63)27-7-10-31-32(17-27)58-47(57-31)24-5-8-28(9-6-24)73-16-15-65-21-25(59-61-65)3-2-4-26-22-66(62-60-26)23-35-45(78-49-37(56)42(71)40(69)34(20-52)75-49)43(72)50(76-35)79-46-38(67)29(53)18-30(54)44(46)77-48-36(55)41(70)39(68)33(19-51)74-48/h5-10,17,21-22,29-30,33-46,48-50,67-72H,2-4,11-16,18-20,23,51-56H2,1H3,(H,57,58)/t29-,30?,33?,34?,35?,36?,37?,38?,39-,40-,41?,42?,43?,44-,45?,46?,48-,49-,50?/m1/s1. The number of aromatic nitrogens is 8. The van der Waals surface area contributed by atoms with E-state index in [2.05, 4.69) is 60.7 Å². The van der Waals surface area contributed by atoms with Gasteiger partial charge in [0.1, 0.15) is 85.3 Å². The van der Waals surface area contributed by atoms with Crippen molar-refractivity contribution in [1.29, 1.82) is 0 Å². The number of aryl methyl sites for hydroxylation is 2. The number of nitrogens with two attached hydrogens (primary N) is 6. The Bertz CT molecular complexity index is 2730. The molecule has 19 N–H and O–H groups in total. The lowest BCUT2D eigenvalue weighted by atomic mass is 9.84. The van der Waals surface area contributed by atoms with Crippen molar-refractivity contribution < 1.29 is 63.8 Å². The molecule has 29 nitrogen and oxygen atoms in total. The first-order valence-electron chi connectivity index (χ1n) is 26.9. The van der Waals surface area contributed by atoms with Gasteiger partial charge in [-0.15, -0.1) is 10.2 Å². The molecule has 5 fully saturated rings. The highest BCUT2D eigenvalue weighted by Gasteiger charge is 2.54. The predicted octanol–water partition coefficient (Wildman–Crippen LogP) is -5.46. The molecule has 0 bridgehead atoms. The van der Waals surface area contributed by atoms with Gasteiger partial charge in [0.2, 0.25) is 0 Å². The fourth-order valence-corrected chi connectivity index (χ4v) is 10.8. The van der Waals surface area contributed by atoms with Crippen molar-refractivity contribution in [3.05, 3.63) is 66.2 Å². The first kappa shape index (κ1) is 57.3. The summed E-state index contributed by atoms with van der Waals surface area (Å²) in [5.74, 6) is 1.52. The second kappa shape index (κ2) is 25.0. The molecule has 0 spiro atoms. The van der Waals surface area contributed by atoms with E-state index in [0.717, 1.165) is 60.0 Å². The first-order valence-corrected chi connectivity index (χ1v) is 26.9. The van der Waals surface area contributed by atoms with Gasteiger partial charge in [0.05, 0.1) is 53.7 Å². The molecule has 7 heterocycles. The van der Waals surface area contributed by atoms with Crippen LogP contribution < -0.4 is 44.0 Å². The van der Waals surface area contributed by atoms with Gasteiger partial charge in [-0.05, 0) is 75.2 Å². The van der Waals surface area contributed by atoms with Crippen molar-refractivity contribution in [1.82, 2.24) is 44.9 Å². The zero-order chi connectivity index (χ0) is 55.6. The Balaban J connectivity index is 0.734. The number of likely N-dealkylation sites (N-methyl/N-ethyl adjacent to an activating group) is 1. The lowest BCUT2D eigenvalue weighted by Gasteiger charge is -2.47. The minimum atomic E-state index is -1.62. The third-order valence-corrected chi connectivity index (χ3v) is 15.6. The number of imidazole rings is 1. The number of piperazine rings is 1. The number of nitrogens with zero attached hydrogens (tertiary/aromatic N) is 9. The molecule has 0 radical (unpaired) electrons. The minimum absolute atomic E-state index is 0.0557. The number of nitrogens with one attached hydrogen (secondary N) is 1. The topological polar surface area (TPSA) is 439 Å². The van der Waals surface area contributed by atoms with Crippen molar-refractivity contribution in [2.45, 2.75) is 155 Å². The van der Waals surface area contributed by atoms with Crippen molar-refractivity contribution >= 4 is 16.7 Å². The van der Waals surface area contributed by atoms with E-state index in [4.69, 9.17) is 72.5 Å². The zero-order valence-electron chi connectivity index (χ0n) is 43.9. The summed E-state index contributed by atoms with van der Waals surface area (Å²) >= 11 is 0. The average Bonchev–Trinajstić information content (AvgIpc) is 4.29. The number of ether oxygens (including phenoxy) is 7. The van der Waals surface area contributed by atoms with E-state index in [1.54, 1.807) is 10.9 Å². The SMILES string of the molecule is CN1CCN(c2ccc3nc(-c4ccc(OCCn5cc(CCCc6cn(CC7OC(OC8C(O)[C@H](N)CC(N)[C@H]8O[C@H]8OC(CN)[C@@H](O)C(O)C8N)C(O)C7O[C@H]7OC(CN)[C@@H](O)C(O)C7N)nn6)nn5)cc4)[nH]c3c2)CC1. The van der Waals surface area contributed by atoms with Crippen LogP contribution in [-0.4, -0.2) is 245 Å². The Labute approximate surface area is 454 Å². The number of aliphatic hydroxyl groups excluding tert-OH is 6. The molecule has 19 atom stereocenters. The lowest BCUT2D eigenvalue weighted by Crippen LogP contribution is -2.68. The molecule has 434 valence electrons. The van der Waals surface area contributed by atoms with Crippen LogP contribution >= 0.6 is 0 Å². The molecule has 29 heteroatoms. The summed E-state index contributed by atoms with van der Waals surface area (Å²) in [6.07, 6.45) is -14.7. The van der Waals surface area contributed by atoms with E-state index in [9.17, 15) is 30.6 Å². The van der Waals surface area contributed by atoms with Crippen LogP contribution in [0.2, 0.25) is 0 Å². The van der Waals surface area contributed by atoms with E-state index in [0.29, 0.717) is 38.1 Å². The largest absolute Gasteiger partial charge is 0.492 e. The Morgan fingerprint density at radius 1 is 0.646 bits per heavy atom. The molecule has 1 saturated carbocycles. The van der Waals surface area contributed by atoms with Gasteiger partial charge in [0.15, 0.2) is 18.9 Å². The Kier molecular flexibility index (Phi) is 18.1. The van der Waals surface area contributed by atoms with Crippen LogP contribution in [0, 0.1) is 0 Å². The third kappa shape index (κ3) is 12.7. The molecule has 4 aliphatic heterocycles. The molecule has 4 saturated heterocycles. The maximum atomic E-state index is 11.9. The summed E-state index contributed by atoms with van der Waals surface area (Å²) in [5.41, 5.74) is 42.5. The summed E-state index contributed by atoms with van der Waals surface area (Å²) in [5, 5.41) is 83.2. The van der Waals surface area contributed by atoms with Crippen LogP contribution in [-0.2, 0) is 54.4 Å². The van der Waals surface area contributed by atoms with Crippen molar-refractivity contribution in [2.24, 2.45) is 34.4 Å². The van der Waals surface area contributed by atoms with Gasteiger partial charge in [0.25, 0.3) is 0 Å². The summed E-state index contributed by atoms with van der Waals surface area (Å²) in [6, 6.07) is 9.89. The fraction of sp³-hybridized carbons (Fsp3) is 0.660. The molecular weight excluding hydrogens is 1030 g/mol. The first-order chi connectivity index (χ1) is 38.0. The molecule has 0 amide bonds. The molecule has 13 unspecified atom stereocenters. The molecule has 3 aromatic heterocycles. The van der Waals surface area contributed by atoms with Gasteiger partial charge in [-0.25, -0.2) is 14.3 Å². The summed E-state index contributed by atoms with van der Waals surface area (Å²) in [6.45, 7) is 4.53. The normalized spacial score (nSPS) is 35.6. The lowest BCUT2D eigenvalue weighted by molar-refractivity contribution is -0.306. The molecule has 5 aliphatic rings. The van der Waals surface area contributed by atoms with Crippen LogP contribution in [0.15, 0.2) is 54.9 Å². The molecule has 5 aromatic rings. The minimum Gasteiger partial charge on any atom is -0.492 e. The molecule has 2 aromatic carbocycles. The summed E-state index contributed by atoms with van der Waals surface area (Å²) < 4.78 is 46.1. The van der Waals surface area contributed by atoms with E-state index in [1.807, 2.05) is 30.5 Å². The predicted molar refractivity (Wildman–Crippen MR) is 280 cm³/mol. The smallest absolute Gasteiger partial charge is 0.187 e. The number of aliphatic hydroxyl groups is 6. The van der Waals surface area contributed by atoms with Crippen LogP contribution in [0.4, 0.5) is 5.69 Å². The maximum Gasteiger partial charge on any atom is 0.187 e. The zero-order valence-corrected chi connectivity index (χ0v) is 43.9. The van der Waals surface area contributed by atoms with Gasteiger partial charge >= 0.3 is 0 Å². The number of fused-ring (bicyclic) bond motifs is 1. The van der Waals surface area contributed by atoms with Crippen LogP contribution in [0.25, 0.3) is 22.4 Å². The van der Waals surface area contributed by atoms with Crippen LogP contribution in [0.1, 0.15) is 24.2 Å². The van der Waals surface area contributed by atoms with Gasteiger partial charge in [-0.2, -0.15) is 0 Å². The highest BCUT2D eigenvalue weighted by molar-refractivity contribution is 5.83. The van der Waals surface area contributed by atoms with Crippen molar-refractivity contribution in [3.8, 4) is 17.1 Å². The highest BCUT2D eigenvalue weighted by atomic mass is 16.8. The van der Waals surface area contributed by atoms with Gasteiger partial charge in [0, 0.05) is 75.0 Å². The fourth-order valence-electron chi connectivity index (χ4n) is 10.8. The van der Waals surface area contributed by atoms with E-state index in [-0.39, 0.29) is 26.1 Å². The molecule has 10 rings (SSSR count). The Morgan fingerprint density at radius 3 is 1.89 bits per heavy atom. The van der Waals surface area contributed by atoms with Crippen LogP contribution in [0.3, 0.4) is 0 Å². The Hall–Kier alpha value is -4.97. The van der Waals surface area contributed by atoms with E-state index >= 15 is 0 Å². The number of benzene rings is 2. The summed E-state index contributed by atoms with van der Waals surface area (Å²) in [4.78, 5) is 13.1. The van der Waals surface area contributed by atoms with Crippen LogP contribution in [0.5, 0.6) is 5.75 Å². The van der Waals surface area contributed by atoms with Gasteiger partial charge < -0.3 is 113 Å². The molecule has 1 aliphatic carbocycles. The second-order valence-corrected chi connectivity index (χ2v) is 21.3. The average molecular weight is 1110 g/mol. The number of H-pyrrole nitrogens is 1. The van der Waals surface area contributed by atoms with E-state index in [1.165, 1.54) is 10.4 Å². The third-order valence-electron chi connectivity index (χ3n) is 15.6. The Morgan fingerprint density at radius 2 is 1.24 bits per heavy atom. The maximum absolute atomic E-state index is 11.9. The number of hydrogen-bond donors (Lipinski definition) is 13. The van der Waals surface area contributed by atoms with Gasteiger partial charge in [-0.1, -0.05) is 10.4 Å². The molecular formula is C50H76N16O13. The van der Waals surface area contributed by atoms with Crippen molar-refractivity contribution in [3.63, 3.8) is 0 Å². The number of rotatable bonds is 20.